The quantitative estimate of drug-likeness (QED) is 0.623. The minimum atomic E-state index is -0.420. The number of nitrogens with zero attached hydrogens (tertiary/aromatic N) is 4. The van der Waals surface area contributed by atoms with Gasteiger partial charge in [-0.15, -0.1) is 0 Å². The first-order chi connectivity index (χ1) is 15.2. The molecule has 1 saturated carbocycles. The van der Waals surface area contributed by atoms with Crippen LogP contribution in [0.3, 0.4) is 0 Å². The molecule has 2 aliphatic heterocycles. The lowest BCUT2D eigenvalue weighted by atomic mass is 10.1. The van der Waals surface area contributed by atoms with Crippen molar-refractivity contribution in [2.45, 2.75) is 49.7 Å². The monoisotopic (exact) mass is 442 g/mol. The minimum Gasteiger partial charge on any atom is -0.354 e. The lowest BCUT2D eigenvalue weighted by molar-refractivity contribution is -0.129. The van der Waals surface area contributed by atoms with Crippen molar-refractivity contribution in [3.8, 4) is 0 Å². The number of anilines is 1. The van der Waals surface area contributed by atoms with Crippen LogP contribution in [0.5, 0.6) is 0 Å². The normalized spacial score (nSPS) is 22.2. The number of imide groups is 1. The van der Waals surface area contributed by atoms with E-state index in [1.807, 2.05) is 18.2 Å². The van der Waals surface area contributed by atoms with Crippen LogP contribution in [0.25, 0.3) is 11.0 Å². The maximum atomic E-state index is 12.8. The van der Waals surface area contributed by atoms with E-state index in [1.165, 1.54) is 16.7 Å². The summed E-state index contributed by atoms with van der Waals surface area (Å²) in [5.74, 6) is 1.02. The van der Waals surface area contributed by atoms with Crippen LogP contribution >= 0.6 is 11.8 Å². The molecule has 3 fully saturated rings. The number of thioether (sulfide) groups is 1. The summed E-state index contributed by atoms with van der Waals surface area (Å²) in [6, 6.07) is 8.02. The molecule has 1 spiro atoms. The Morgan fingerprint density at radius 1 is 0.968 bits per heavy atom. The molecule has 0 atom stereocenters. The van der Waals surface area contributed by atoms with Crippen LogP contribution in [0.15, 0.2) is 28.8 Å². The van der Waals surface area contributed by atoms with Gasteiger partial charge in [-0.25, -0.2) is 0 Å². The molecule has 5 rings (SSSR count). The SMILES string of the molecule is O=C1SC2(CCCC2)C(=O)N1CCCCN1CCCN(c2noc3ccccc23)CC1. The fourth-order valence-electron chi connectivity index (χ4n) is 5.16. The van der Waals surface area contributed by atoms with Crippen molar-refractivity contribution in [3.63, 3.8) is 0 Å². The molecular formula is C23H30N4O3S. The maximum Gasteiger partial charge on any atom is 0.289 e. The Kier molecular flexibility index (Phi) is 5.93. The molecule has 0 unspecified atom stereocenters. The lowest BCUT2D eigenvalue weighted by Crippen LogP contribution is -2.38. The molecule has 8 heteroatoms. The Bertz CT molecular complexity index is 955. The van der Waals surface area contributed by atoms with E-state index < -0.39 is 4.75 Å². The smallest absolute Gasteiger partial charge is 0.289 e. The Morgan fingerprint density at radius 3 is 2.65 bits per heavy atom. The molecule has 0 N–H and O–H groups in total. The fourth-order valence-corrected chi connectivity index (χ4v) is 6.47. The first-order valence-corrected chi connectivity index (χ1v) is 12.3. The van der Waals surface area contributed by atoms with Crippen LogP contribution in [0.4, 0.5) is 10.6 Å². The predicted molar refractivity (Wildman–Crippen MR) is 122 cm³/mol. The molecule has 1 aliphatic carbocycles. The van der Waals surface area contributed by atoms with Gasteiger partial charge in [0.05, 0.1) is 5.39 Å². The highest BCUT2D eigenvalue weighted by Crippen LogP contribution is 2.48. The molecule has 3 heterocycles. The topological polar surface area (TPSA) is 69.9 Å². The summed E-state index contributed by atoms with van der Waals surface area (Å²) in [5, 5.41) is 5.36. The highest BCUT2D eigenvalue weighted by molar-refractivity contribution is 8.16. The summed E-state index contributed by atoms with van der Waals surface area (Å²) >= 11 is 1.29. The van der Waals surface area contributed by atoms with Crippen molar-refractivity contribution in [1.29, 1.82) is 0 Å². The Hall–Kier alpha value is -2.06. The van der Waals surface area contributed by atoms with Crippen molar-refractivity contribution in [2.24, 2.45) is 0 Å². The first-order valence-electron chi connectivity index (χ1n) is 11.5. The van der Waals surface area contributed by atoms with Gasteiger partial charge < -0.3 is 14.3 Å². The number of aromatic nitrogens is 1. The van der Waals surface area contributed by atoms with Crippen molar-refractivity contribution in [1.82, 2.24) is 15.0 Å². The van der Waals surface area contributed by atoms with Gasteiger partial charge in [0.25, 0.3) is 5.24 Å². The molecule has 0 bridgehead atoms. The van der Waals surface area contributed by atoms with Gasteiger partial charge in [-0.05, 0) is 69.1 Å². The second-order valence-corrected chi connectivity index (χ2v) is 10.3. The van der Waals surface area contributed by atoms with Gasteiger partial charge in [0.2, 0.25) is 5.91 Å². The standard InChI is InChI=1S/C23H30N4O3S/c28-21-23(10-3-4-11-23)31-22(29)27(21)15-6-5-12-25-13-7-14-26(17-16-25)20-18-8-1-2-9-19(18)30-24-20/h1-2,8-9H,3-7,10-17H2. The summed E-state index contributed by atoms with van der Waals surface area (Å²) in [4.78, 5) is 31.5. The van der Waals surface area contributed by atoms with Gasteiger partial charge in [0.15, 0.2) is 11.4 Å². The molecule has 166 valence electrons. The number of unbranched alkanes of at least 4 members (excludes halogenated alkanes) is 1. The molecule has 1 aromatic heterocycles. The van der Waals surface area contributed by atoms with Gasteiger partial charge in [0, 0.05) is 26.2 Å². The minimum absolute atomic E-state index is 0.0304. The second kappa shape index (κ2) is 8.82. The zero-order chi connectivity index (χ0) is 21.3. The number of rotatable bonds is 6. The van der Waals surface area contributed by atoms with Crippen molar-refractivity contribution < 1.29 is 14.1 Å². The third-order valence-corrected chi connectivity index (χ3v) is 8.27. The van der Waals surface area contributed by atoms with Gasteiger partial charge in [-0.2, -0.15) is 0 Å². The van der Waals surface area contributed by atoms with E-state index in [9.17, 15) is 9.59 Å². The first kappa shape index (κ1) is 20.8. The molecule has 1 aromatic carbocycles. The van der Waals surface area contributed by atoms with Crippen molar-refractivity contribution >= 4 is 39.7 Å². The van der Waals surface area contributed by atoms with E-state index in [-0.39, 0.29) is 11.1 Å². The van der Waals surface area contributed by atoms with E-state index in [2.05, 4.69) is 21.0 Å². The summed E-state index contributed by atoms with van der Waals surface area (Å²) in [6.45, 7) is 5.52. The summed E-state index contributed by atoms with van der Waals surface area (Å²) in [7, 11) is 0. The van der Waals surface area contributed by atoms with Crippen molar-refractivity contribution in [2.75, 3.05) is 44.2 Å². The zero-order valence-corrected chi connectivity index (χ0v) is 18.7. The maximum absolute atomic E-state index is 12.8. The third kappa shape index (κ3) is 4.07. The molecule has 0 radical (unpaired) electrons. The van der Waals surface area contributed by atoms with Crippen LogP contribution in [0.2, 0.25) is 0 Å². The number of para-hydroxylation sites is 1. The largest absolute Gasteiger partial charge is 0.354 e. The fraction of sp³-hybridized carbons (Fsp3) is 0.609. The molecular weight excluding hydrogens is 412 g/mol. The molecule has 2 aromatic rings. The van der Waals surface area contributed by atoms with E-state index >= 15 is 0 Å². The number of fused-ring (bicyclic) bond motifs is 1. The third-order valence-electron chi connectivity index (χ3n) is 6.90. The van der Waals surface area contributed by atoms with E-state index in [0.717, 1.165) is 94.5 Å². The predicted octanol–water partition coefficient (Wildman–Crippen LogP) is 4.13. The number of hydrogen-bond donors (Lipinski definition) is 0. The van der Waals surface area contributed by atoms with Crippen molar-refractivity contribution in [3.05, 3.63) is 24.3 Å². The molecule has 2 saturated heterocycles. The van der Waals surface area contributed by atoms with Crippen LogP contribution in [-0.2, 0) is 4.79 Å². The molecule has 31 heavy (non-hydrogen) atoms. The van der Waals surface area contributed by atoms with E-state index in [4.69, 9.17) is 4.52 Å². The highest BCUT2D eigenvalue weighted by atomic mass is 32.2. The van der Waals surface area contributed by atoms with Gasteiger partial charge in [-0.1, -0.05) is 30.1 Å². The second-order valence-electron chi connectivity index (χ2n) is 8.92. The lowest BCUT2D eigenvalue weighted by Gasteiger charge is -2.22. The number of carbonyl (C=O) groups is 2. The molecule has 7 nitrogen and oxygen atoms in total. The van der Waals surface area contributed by atoms with Gasteiger partial charge in [-0.3, -0.25) is 14.5 Å². The average Bonchev–Trinajstić information content (AvgIpc) is 3.42. The Morgan fingerprint density at radius 2 is 1.77 bits per heavy atom. The number of amides is 2. The Labute approximate surface area is 187 Å². The average molecular weight is 443 g/mol. The molecule has 2 amide bonds. The zero-order valence-electron chi connectivity index (χ0n) is 17.9. The van der Waals surface area contributed by atoms with E-state index in [0.29, 0.717) is 6.54 Å². The highest BCUT2D eigenvalue weighted by Gasteiger charge is 2.53. The van der Waals surface area contributed by atoms with Gasteiger partial charge in [0.1, 0.15) is 4.75 Å². The number of benzene rings is 1. The van der Waals surface area contributed by atoms with Crippen LogP contribution in [0, 0.1) is 0 Å². The summed E-state index contributed by atoms with van der Waals surface area (Å²) in [5.41, 5.74) is 0.835. The van der Waals surface area contributed by atoms with Crippen LogP contribution in [0.1, 0.15) is 44.9 Å². The number of carbonyl (C=O) groups excluding carboxylic acids is 2. The van der Waals surface area contributed by atoms with Crippen LogP contribution < -0.4 is 4.90 Å². The number of hydrogen-bond acceptors (Lipinski definition) is 7. The summed E-state index contributed by atoms with van der Waals surface area (Å²) in [6.07, 6.45) is 6.83. The van der Waals surface area contributed by atoms with E-state index in [1.54, 1.807) is 0 Å². The van der Waals surface area contributed by atoms with Gasteiger partial charge >= 0.3 is 0 Å². The van der Waals surface area contributed by atoms with Crippen LogP contribution in [-0.4, -0.2) is 70.1 Å². The summed E-state index contributed by atoms with van der Waals surface area (Å²) < 4.78 is 5.06. The Balaban J connectivity index is 1.09. The molecule has 3 aliphatic rings.